The highest BCUT2D eigenvalue weighted by Gasteiger charge is 2.23. The number of nitro groups is 1. The number of aromatic nitrogens is 2. The summed E-state index contributed by atoms with van der Waals surface area (Å²) >= 11 is 0. The minimum atomic E-state index is -0.547. The van der Waals surface area contributed by atoms with Gasteiger partial charge in [-0.15, -0.1) is 0 Å². The van der Waals surface area contributed by atoms with E-state index in [4.69, 9.17) is 4.74 Å². The van der Waals surface area contributed by atoms with Gasteiger partial charge in [-0.2, -0.15) is 4.98 Å². The number of nitrogens with one attached hydrogen (secondary N) is 1. The van der Waals surface area contributed by atoms with Gasteiger partial charge in [0.25, 0.3) is 5.88 Å². The molecule has 1 N–H and O–H groups in total. The van der Waals surface area contributed by atoms with Crippen LogP contribution in [0.1, 0.15) is 11.1 Å². The van der Waals surface area contributed by atoms with E-state index < -0.39 is 4.92 Å². The fourth-order valence-corrected chi connectivity index (χ4v) is 2.01. The van der Waals surface area contributed by atoms with Crippen LogP contribution in [0.15, 0.2) is 30.6 Å². The lowest BCUT2D eigenvalue weighted by atomic mass is 10.1. The number of anilines is 1. The van der Waals surface area contributed by atoms with Crippen molar-refractivity contribution in [3.8, 4) is 5.88 Å². The molecule has 0 bridgehead atoms. The Morgan fingerprint density at radius 3 is 2.76 bits per heavy atom. The molecule has 0 aliphatic rings. The summed E-state index contributed by atoms with van der Waals surface area (Å²) in [6.07, 6.45) is 1.98. The van der Waals surface area contributed by atoms with Crippen LogP contribution >= 0.6 is 0 Å². The molecule has 110 valence electrons. The predicted octanol–water partition coefficient (Wildman–Crippen LogP) is 2.36. The molecule has 0 saturated carbocycles. The first-order valence-electron chi connectivity index (χ1n) is 6.45. The molecule has 0 saturated heterocycles. The Morgan fingerprint density at radius 1 is 1.33 bits per heavy atom. The van der Waals surface area contributed by atoms with Crippen molar-refractivity contribution in [3.63, 3.8) is 0 Å². The van der Waals surface area contributed by atoms with E-state index >= 15 is 0 Å². The zero-order chi connectivity index (χ0) is 15.2. The number of hydrogen-bond acceptors (Lipinski definition) is 6. The zero-order valence-electron chi connectivity index (χ0n) is 11.9. The first-order chi connectivity index (χ1) is 10.1. The number of aryl methyl sites for hydroxylation is 1. The van der Waals surface area contributed by atoms with E-state index in [1.165, 1.54) is 24.6 Å². The molecule has 1 aromatic carbocycles. The maximum absolute atomic E-state index is 11.1. The first-order valence-corrected chi connectivity index (χ1v) is 6.45. The molecule has 21 heavy (non-hydrogen) atoms. The molecule has 0 atom stereocenters. The number of methoxy groups -OCH3 is 1. The number of rotatable bonds is 6. The highest BCUT2D eigenvalue weighted by Crippen LogP contribution is 2.30. The Labute approximate surface area is 122 Å². The minimum Gasteiger partial charge on any atom is -0.476 e. The number of ether oxygens (including phenoxy) is 1. The molecule has 0 aliphatic heterocycles. The fourth-order valence-electron chi connectivity index (χ4n) is 2.01. The van der Waals surface area contributed by atoms with Gasteiger partial charge in [0.15, 0.2) is 0 Å². The average Bonchev–Trinajstić information content (AvgIpc) is 2.48. The van der Waals surface area contributed by atoms with Gasteiger partial charge in [0.1, 0.15) is 6.33 Å². The van der Waals surface area contributed by atoms with Gasteiger partial charge in [0.2, 0.25) is 5.82 Å². The molecule has 2 aromatic rings. The summed E-state index contributed by atoms with van der Waals surface area (Å²) < 4.78 is 4.90. The molecule has 0 unspecified atom stereocenters. The molecule has 0 aliphatic carbocycles. The topological polar surface area (TPSA) is 90.2 Å². The van der Waals surface area contributed by atoms with Crippen LogP contribution in [0.3, 0.4) is 0 Å². The monoisotopic (exact) mass is 288 g/mol. The molecular formula is C14H16N4O3. The molecule has 2 rings (SSSR count). The van der Waals surface area contributed by atoms with Crippen molar-refractivity contribution in [3.05, 3.63) is 51.8 Å². The summed E-state index contributed by atoms with van der Waals surface area (Å²) in [5.74, 6) is 0.119. The normalized spacial score (nSPS) is 10.2. The zero-order valence-corrected chi connectivity index (χ0v) is 11.9. The van der Waals surface area contributed by atoms with Crippen LogP contribution in [0.4, 0.5) is 11.5 Å². The molecule has 0 radical (unpaired) electrons. The lowest BCUT2D eigenvalue weighted by Crippen LogP contribution is -2.10. The third-order valence-electron chi connectivity index (χ3n) is 3.11. The smallest absolute Gasteiger partial charge is 0.372 e. The van der Waals surface area contributed by atoms with Crippen LogP contribution < -0.4 is 10.1 Å². The predicted molar refractivity (Wildman–Crippen MR) is 78.6 cm³/mol. The van der Waals surface area contributed by atoms with Gasteiger partial charge in [-0.05, 0) is 24.5 Å². The number of hydrogen-bond donors (Lipinski definition) is 1. The van der Waals surface area contributed by atoms with Crippen molar-refractivity contribution in [2.24, 2.45) is 0 Å². The second-order valence-electron chi connectivity index (χ2n) is 4.44. The Kier molecular flexibility index (Phi) is 4.65. The summed E-state index contributed by atoms with van der Waals surface area (Å²) in [6, 6.07) is 8.02. The van der Waals surface area contributed by atoms with Gasteiger partial charge in [0, 0.05) is 6.54 Å². The van der Waals surface area contributed by atoms with E-state index in [1.54, 1.807) is 0 Å². The van der Waals surface area contributed by atoms with E-state index in [2.05, 4.69) is 15.3 Å². The summed E-state index contributed by atoms with van der Waals surface area (Å²) in [6.45, 7) is 2.57. The van der Waals surface area contributed by atoms with Gasteiger partial charge < -0.3 is 10.1 Å². The molecular weight excluding hydrogens is 272 g/mol. The lowest BCUT2D eigenvalue weighted by Gasteiger charge is -2.09. The summed E-state index contributed by atoms with van der Waals surface area (Å²) in [4.78, 5) is 18.2. The summed E-state index contributed by atoms with van der Waals surface area (Å²) in [5.41, 5.74) is 2.13. The average molecular weight is 288 g/mol. The lowest BCUT2D eigenvalue weighted by molar-refractivity contribution is -0.385. The first kappa shape index (κ1) is 14.7. The maximum Gasteiger partial charge on any atom is 0.372 e. The van der Waals surface area contributed by atoms with Gasteiger partial charge in [-0.1, -0.05) is 24.3 Å². The Morgan fingerprint density at radius 2 is 2.10 bits per heavy atom. The van der Waals surface area contributed by atoms with Gasteiger partial charge in [0.05, 0.1) is 12.0 Å². The van der Waals surface area contributed by atoms with Gasteiger partial charge >= 0.3 is 5.69 Å². The standard InChI is InChI=1S/C14H16N4O3/c1-10-5-3-4-6-11(10)7-8-15-13-12(18(19)20)14(21-2)17-9-16-13/h3-6,9H,7-8H2,1-2H3,(H,15,16,17). The third-order valence-corrected chi connectivity index (χ3v) is 3.11. The van der Waals surface area contributed by atoms with Crippen LogP contribution in [0.25, 0.3) is 0 Å². The fraction of sp³-hybridized carbons (Fsp3) is 0.286. The van der Waals surface area contributed by atoms with Gasteiger partial charge in [-0.25, -0.2) is 4.98 Å². The van der Waals surface area contributed by atoms with E-state index in [9.17, 15) is 10.1 Å². The SMILES string of the molecule is COc1ncnc(NCCc2ccccc2C)c1[N+](=O)[O-]. The third kappa shape index (κ3) is 3.44. The van der Waals surface area contributed by atoms with E-state index in [-0.39, 0.29) is 17.4 Å². The second-order valence-corrected chi connectivity index (χ2v) is 4.44. The highest BCUT2D eigenvalue weighted by atomic mass is 16.6. The van der Waals surface area contributed by atoms with Crippen molar-refractivity contribution in [1.82, 2.24) is 9.97 Å². The van der Waals surface area contributed by atoms with Crippen LogP contribution in [0, 0.1) is 17.0 Å². The molecule has 0 amide bonds. The van der Waals surface area contributed by atoms with Crippen molar-refractivity contribution >= 4 is 11.5 Å². The molecule has 1 heterocycles. The Hall–Kier alpha value is -2.70. The second kappa shape index (κ2) is 6.65. The highest BCUT2D eigenvalue weighted by molar-refractivity contribution is 5.61. The molecule has 0 spiro atoms. The van der Waals surface area contributed by atoms with Crippen molar-refractivity contribution in [1.29, 1.82) is 0 Å². The van der Waals surface area contributed by atoms with Crippen molar-refractivity contribution in [2.45, 2.75) is 13.3 Å². The molecule has 1 aromatic heterocycles. The van der Waals surface area contributed by atoms with Crippen molar-refractivity contribution < 1.29 is 9.66 Å². The Bertz CT molecular complexity index is 646. The van der Waals surface area contributed by atoms with Crippen molar-refractivity contribution in [2.75, 3.05) is 19.0 Å². The number of benzene rings is 1. The molecule has 7 nitrogen and oxygen atoms in total. The van der Waals surface area contributed by atoms with E-state index in [1.807, 2.05) is 31.2 Å². The quantitative estimate of drug-likeness (QED) is 0.648. The summed E-state index contributed by atoms with van der Waals surface area (Å²) in [7, 11) is 1.34. The molecule has 7 heteroatoms. The van der Waals surface area contributed by atoms with Crippen LogP contribution in [-0.4, -0.2) is 28.5 Å². The van der Waals surface area contributed by atoms with E-state index in [0.717, 1.165) is 6.42 Å². The molecule has 0 fully saturated rings. The van der Waals surface area contributed by atoms with E-state index in [0.29, 0.717) is 6.54 Å². The van der Waals surface area contributed by atoms with Gasteiger partial charge in [-0.3, -0.25) is 10.1 Å². The largest absolute Gasteiger partial charge is 0.476 e. The summed E-state index contributed by atoms with van der Waals surface area (Å²) in [5, 5.41) is 14.1. The minimum absolute atomic E-state index is 0.0478. The Balaban J connectivity index is 2.10. The van der Waals surface area contributed by atoms with Crippen LogP contribution in [0.5, 0.6) is 5.88 Å². The van der Waals surface area contributed by atoms with Crippen LogP contribution in [-0.2, 0) is 6.42 Å². The van der Waals surface area contributed by atoms with Crippen LogP contribution in [0.2, 0.25) is 0 Å². The number of nitrogens with zero attached hydrogens (tertiary/aromatic N) is 3. The maximum atomic E-state index is 11.1.